The number of hydrogen-bond donors (Lipinski definition) is 3. The number of nitrogens with zero attached hydrogens (tertiary/aromatic N) is 3. The molecule has 6 rings (SSSR count). The molecule has 1 amide bonds. The fourth-order valence-corrected chi connectivity index (χ4v) is 7.96. The molecule has 9 atom stereocenters. The number of hydrogen-bond acceptors (Lipinski definition) is 12. The van der Waals surface area contributed by atoms with Crippen LogP contribution in [0, 0.1) is 37.5 Å². The first kappa shape index (κ1) is 41.2. The number of methoxy groups -OCH3 is 1. The number of carbonyl (C=O) groups is 4. The number of aliphatic hydroxyl groups excluding tert-OH is 2. The van der Waals surface area contributed by atoms with Crippen LogP contribution in [0.15, 0.2) is 59.5 Å². The van der Waals surface area contributed by atoms with Crippen molar-refractivity contribution in [3.05, 3.63) is 82.4 Å². The van der Waals surface area contributed by atoms with Crippen LogP contribution in [-0.4, -0.2) is 91.2 Å². The largest absolute Gasteiger partial charge is 0.507 e. The van der Waals surface area contributed by atoms with Gasteiger partial charge in [0.25, 0.3) is 11.7 Å². The third-order valence-electron chi connectivity index (χ3n) is 11.4. The van der Waals surface area contributed by atoms with Crippen LogP contribution in [0.25, 0.3) is 16.9 Å². The Balaban J connectivity index is 1.56. The van der Waals surface area contributed by atoms with Crippen molar-refractivity contribution < 1.29 is 53.4 Å². The Bertz CT molecular complexity index is 2300. The second-order valence-corrected chi connectivity index (χ2v) is 15.5. The summed E-state index contributed by atoms with van der Waals surface area (Å²) in [6.45, 7) is 14.5. The summed E-state index contributed by atoms with van der Waals surface area (Å²) < 4.78 is 25.4. The normalized spacial score (nSPS) is 31.5. The topological polar surface area (TPSA) is 196 Å². The molecule has 0 unspecified atom stereocenters. The number of phenols is 1. The lowest BCUT2D eigenvalue weighted by Gasteiger charge is -2.38. The maximum atomic E-state index is 14.5. The molecular formula is C43H49N3O11. The molecule has 14 nitrogen and oxygen atoms in total. The average molecular weight is 784 g/mol. The Labute approximate surface area is 330 Å². The minimum atomic E-state index is -1.99. The number of ketones is 2. The van der Waals surface area contributed by atoms with Gasteiger partial charge < -0.3 is 34.3 Å². The Hall–Kier alpha value is -5.44. The number of allylic oxidation sites excluding steroid dienone is 2. The third-order valence-corrected chi connectivity index (χ3v) is 11.4. The molecule has 4 heterocycles. The Kier molecular flexibility index (Phi) is 11.2. The van der Waals surface area contributed by atoms with Crippen molar-refractivity contribution in [2.24, 2.45) is 28.7 Å². The van der Waals surface area contributed by atoms with E-state index in [1.54, 1.807) is 62.6 Å². The van der Waals surface area contributed by atoms with E-state index in [0.717, 1.165) is 5.56 Å². The summed E-state index contributed by atoms with van der Waals surface area (Å²) in [7, 11) is 1.45. The van der Waals surface area contributed by atoms with E-state index in [9.17, 15) is 34.5 Å². The van der Waals surface area contributed by atoms with Crippen LogP contribution in [0.2, 0.25) is 0 Å². The highest BCUT2D eigenvalue weighted by Gasteiger charge is 2.52. The van der Waals surface area contributed by atoms with Crippen LogP contribution in [0.4, 0.5) is 0 Å². The number of phenolic OH excluding ortho intramolecular Hbond substituents is 1. The summed E-state index contributed by atoms with van der Waals surface area (Å²) in [6.07, 6.45) is 5.38. The average Bonchev–Trinajstić information content (AvgIpc) is 3.67. The summed E-state index contributed by atoms with van der Waals surface area (Å²) >= 11 is 0. The fourth-order valence-electron chi connectivity index (χ4n) is 7.96. The van der Waals surface area contributed by atoms with Gasteiger partial charge >= 0.3 is 11.8 Å². The van der Waals surface area contributed by atoms with Gasteiger partial charge in [-0.05, 0) is 44.5 Å². The number of carbonyl (C=O) groups excluding carboxylic acids is 4. The standard InChI is InChI=1S/C43H49N3O11/c1-19-14-16-46-28(18-19)44-32-29-30-37(50)25(7)40-31(29)41(52)43(9,57-40)55-17-15-27(54-10)22(4)39(56-26(8)47)24(6)36(49)23(5)35(48)20(2)12-11-13-21(3)42(53)45-33(34(32)46)38(30)51/h11-18,20,22-24,27,35-36,39,48-50H,1-10H3/b12-11+,17-15+,21-13-,45-33?/t20-,22+,23+,24+,27-,35-,36+,39-,43-/m0/s1. The highest BCUT2D eigenvalue weighted by Crippen LogP contribution is 2.52. The van der Waals surface area contributed by atoms with Crippen LogP contribution in [0.5, 0.6) is 11.5 Å². The lowest BCUT2D eigenvalue weighted by atomic mass is 9.78. The van der Waals surface area contributed by atoms with Gasteiger partial charge in [0.2, 0.25) is 5.78 Å². The van der Waals surface area contributed by atoms with E-state index < -0.39 is 83.1 Å². The number of aromatic hydroxyl groups is 1. The molecule has 57 heavy (non-hydrogen) atoms. The van der Waals surface area contributed by atoms with Crippen LogP contribution in [0.1, 0.15) is 86.0 Å². The monoisotopic (exact) mass is 783 g/mol. The number of pyridine rings is 1. The van der Waals surface area contributed by atoms with Gasteiger partial charge in [0.15, 0.2) is 0 Å². The zero-order valence-corrected chi connectivity index (χ0v) is 33.7. The molecule has 2 aromatic heterocycles. The van der Waals surface area contributed by atoms with E-state index in [2.05, 4.69) is 4.99 Å². The summed E-state index contributed by atoms with van der Waals surface area (Å²) in [5.74, 6) is -7.67. The van der Waals surface area contributed by atoms with Crippen molar-refractivity contribution in [2.45, 2.75) is 92.5 Å². The van der Waals surface area contributed by atoms with Crippen LogP contribution in [-0.2, 0) is 23.8 Å². The van der Waals surface area contributed by atoms with Gasteiger partial charge in [-0.25, -0.2) is 9.98 Å². The molecule has 1 aromatic carbocycles. The van der Waals surface area contributed by atoms with Gasteiger partial charge in [-0.1, -0.05) is 45.9 Å². The molecular weight excluding hydrogens is 734 g/mol. The van der Waals surface area contributed by atoms with Crippen molar-refractivity contribution in [3.8, 4) is 22.8 Å². The van der Waals surface area contributed by atoms with E-state index in [1.807, 2.05) is 6.92 Å². The maximum Gasteiger partial charge on any atom is 0.312 e. The number of aryl methyl sites for hydroxylation is 1. The number of benzene rings is 1. The van der Waals surface area contributed by atoms with Gasteiger partial charge in [0, 0.05) is 67.5 Å². The second-order valence-electron chi connectivity index (χ2n) is 15.5. The molecule has 2 aliphatic heterocycles. The molecule has 5 bridgehead atoms. The smallest absolute Gasteiger partial charge is 0.312 e. The predicted octanol–water partition coefficient (Wildman–Crippen LogP) is 5.39. The summed E-state index contributed by atoms with van der Waals surface area (Å²) in [5.41, 5.74) is 1.26. The zero-order chi connectivity index (χ0) is 41.8. The molecule has 3 aromatic rings. The van der Waals surface area contributed by atoms with E-state index in [0.29, 0.717) is 5.65 Å². The van der Waals surface area contributed by atoms with E-state index in [4.69, 9.17) is 23.9 Å². The number of Topliss-reactive ketones (excluding diaryl/α,β-unsaturated/α-hetero) is 2. The first-order valence-electron chi connectivity index (χ1n) is 18.9. The number of aromatic nitrogens is 2. The molecule has 302 valence electrons. The first-order valence-corrected chi connectivity index (χ1v) is 18.9. The van der Waals surface area contributed by atoms with Crippen molar-refractivity contribution in [2.75, 3.05) is 7.11 Å². The number of imidazole rings is 1. The second kappa shape index (κ2) is 15.5. The van der Waals surface area contributed by atoms with E-state index >= 15 is 0 Å². The third kappa shape index (κ3) is 7.10. The number of aliphatic imine (C=N–C) groups is 1. The predicted molar refractivity (Wildman–Crippen MR) is 209 cm³/mol. The Morgan fingerprint density at radius 3 is 2.33 bits per heavy atom. The number of rotatable bonds is 2. The van der Waals surface area contributed by atoms with E-state index in [-0.39, 0.29) is 50.7 Å². The molecule has 3 N–H and O–H groups in total. The van der Waals surface area contributed by atoms with Gasteiger partial charge in [-0.15, -0.1) is 0 Å². The molecule has 0 spiro atoms. The van der Waals surface area contributed by atoms with Crippen LogP contribution >= 0.6 is 0 Å². The van der Waals surface area contributed by atoms with Crippen molar-refractivity contribution >= 4 is 34.8 Å². The molecule has 14 heteroatoms. The number of fused-ring (bicyclic) bond motifs is 6. The van der Waals surface area contributed by atoms with Crippen LogP contribution in [0.3, 0.4) is 0 Å². The number of ether oxygens (including phenoxy) is 4. The minimum Gasteiger partial charge on any atom is -0.507 e. The molecule has 0 saturated carbocycles. The number of amides is 1. The lowest BCUT2D eigenvalue weighted by molar-refractivity contribution is -0.160. The molecule has 1 aliphatic carbocycles. The maximum absolute atomic E-state index is 14.5. The summed E-state index contributed by atoms with van der Waals surface area (Å²) in [4.78, 5) is 64.2. The number of aliphatic hydroxyl groups is 2. The van der Waals surface area contributed by atoms with Gasteiger partial charge in [0.05, 0.1) is 35.7 Å². The minimum absolute atomic E-state index is 0.00776. The highest BCUT2D eigenvalue weighted by molar-refractivity contribution is 6.56. The first-order chi connectivity index (χ1) is 26.8. The molecule has 0 saturated heterocycles. The number of esters is 1. The SMILES string of the molecule is CO[C@H]1/C=C/O[C@@]2(C)Oc3c(C)c(O)c4c(c3C2=O)-c2nc3cc(C)ccn3c2C(=NC(=O)/C(C)=C\C=C\[C@H](C)[C@H](O)[C@@H](C)[C@@H](O)[C@@H](C)[C@@H](OC(C)=O)[C@@H]1C)C4=O. The quantitative estimate of drug-likeness (QED) is 0.281. The van der Waals surface area contributed by atoms with Crippen molar-refractivity contribution in [1.29, 1.82) is 0 Å². The lowest BCUT2D eigenvalue weighted by Crippen LogP contribution is -2.46. The molecule has 0 radical (unpaired) electrons. The Morgan fingerprint density at radius 1 is 0.965 bits per heavy atom. The van der Waals surface area contributed by atoms with Crippen LogP contribution < -0.4 is 4.74 Å². The molecule has 3 aliphatic rings. The highest BCUT2D eigenvalue weighted by atomic mass is 16.7. The summed E-state index contributed by atoms with van der Waals surface area (Å²) in [5, 5.41) is 34.5. The van der Waals surface area contributed by atoms with E-state index in [1.165, 1.54) is 53.2 Å². The van der Waals surface area contributed by atoms with Gasteiger partial charge in [-0.3, -0.25) is 23.6 Å². The fraction of sp³-hybridized carbons (Fsp3) is 0.442. The van der Waals surface area contributed by atoms with Gasteiger partial charge in [0.1, 0.15) is 40.3 Å². The zero-order valence-electron chi connectivity index (χ0n) is 33.7. The summed E-state index contributed by atoms with van der Waals surface area (Å²) in [6, 6.07) is 3.57. The van der Waals surface area contributed by atoms with Gasteiger partial charge in [-0.2, -0.15) is 0 Å². The molecule has 0 fully saturated rings. The van der Waals surface area contributed by atoms with Crippen molar-refractivity contribution in [1.82, 2.24) is 9.38 Å². The van der Waals surface area contributed by atoms with Crippen molar-refractivity contribution in [3.63, 3.8) is 0 Å². The Morgan fingerprint density at radius 2 is 1.67 bits per heavy atom.